The first-order valence-electron chi connectivity index (χ1n) is 9.75. The summed E-state index contributed by atoms with van der Waals surface area (Å²) in [4.78, 5) is 29.1. The fourth-order valence-corrected chi connectivity index (χ4v) is 5.30. The van der Waals surface area contributed by atoms with Crippen LogP contribution in [0.1, 0.15) is 43.5 Å². The maximum absolute atomic E-state index is 13.1. The molecule has 1 fully saturated rings. The zero-order valence-corrected chi connectivity index (χ0v) is 17.6. The van der Waals surface area contributed by atoms with Crippen LogP contribution in [0.2, 0.25) is 5.02 Å². The monoisotopic (exact) mass is 427 g/mol. The van der Waals surface area contributed by atoms with Crippen molar-refractivity contribution >= 4 is 56.3 Å². The van der Waals surface area contributed by atoms with Gasteiger partial charge in [-0.25, -0.2) is 4.98 Å². The van der Waals surface area contributed by atoms with Crippen molar-refractivity contribution in [3.63, 3.8) is 0 Å². The Labute approximate surface area is 178 Å². The van der Waals surface area contributed by atoms with Gasteiger partial charge in [0.2, 0.25) is 11.8 Å². The third kappa shape index (κ3) is 4.43. The summed E-state index contributed by atoms with van der Waals surface area (Å²) in [7, 11) is 0. The largest absolute Gasteiger partial charge is 0.326 e. The molecule has 0 aliphatic heterocycles. The van der Waals surface area contributed by atoms with Crippen LogP contribution >= 0.6 is 22.9 Å². The highest BCUT2D eigenvalue weighted by Gasteiger charge is 2.34. The van der Waals surface area contributed by atoms with E-state index in [1.54, 1.807) is 29.5 Å². The molecule has 2 amide bonds. The molecule has 4 rings (SSSR count). The third-order valence-corrected chi connectivity index (χ3v) is 6.76. The van der Waals surface area contributed by atoms with Gasteiger partial charge in [0.1, 0.15) is 0 Å². The Hall–Kier alpha value is -2.44. The molecule has 2 atom stereocenters. The van der Waals surface area contributed by atoms with Crippen molar-refractivity contribution in [2.45, 2.75) is 38.5 Å². The van der Waals surface area contributed by atoms with E-state index < -0.39 is 0 Å². The van der Waals surface area contributed by atoms with E-state index in [0.29, 0.717) is 16.4 Å². The Morgan fingerprint density at radius 2 is 1.90 bits per heavy atom. The Balaban J connectivity index is 1.53. The van der Waals surface area contributed by atoms with Crippen LogP contribution in [0.15, 0.2) is 42.5 Å². The summed E-state index contributed by atoms with van der Waals surface area (Å²) in [5.74, 6) is -0.171. The number of nitrogens with zero attached hydrogens (tertiary/aromatic N) is 1. The standard InChI is InChI=1S/C22H22ClN3O2S/c1-13(27)24-18-11-10-14(12-17(18)23)25-21(28)15-6-2-3-7-16(15)22-26-19-8-4-5-9-20(19)29-22/h4-5,8-12,15-16H,2-3,6-7H2,1H3,(H,24,27)(H,25,28). The first-order chi connectivity index (χ1) is 14.0. The molecular formula is C22H22ClN3O2S. The minimum Gasteiger partial charge on any atom is -0.326 e. The SMILES string of the molecule is CC(=O)Nc1ccc(NC(=O)C2CCCCC2c2nc3ccccc3s2)cc1Cl. The van der Waals surface area contributed by atoms with Crippen LogP contribution in [0.25, 0.3) is 10.2 Å². The predicted molar refractivity (Wildman–Crippen MR) is 119 cm³/mol. The molecule has 2 unspecified atom stereocenters. The fraction of sp³-hybridized carbons (Fsp3) is 0.318. The van der Waals surface area contributed by atoms with Crippen LogP contribution in [-0.2, 0) is 9.59 Å². The summed E-state index contributed by atoms with van der Waals surface area (Å²) < 4.78 is 1.16. The molecule has 0 spiro atoms. The first kappa shape index (κ1) is 19.9. The van der Waals surface area contributed by atoms with Gasteiger partial charge in [-0.05, 0) is 43.2 Å². The highest BCUT2D eigenvalue weighted by Crippen LogP contribution is 2.41. The normalized spacial score (nSPS) is 19.1. The Morgan fingerprint density at radius 1 is 1.10 bits per heavy atom. The summed E-state index contributed by atoms with van der Waals surface area (Å²) in [6.45, 7) is 1.43. The van der Waals surface area contributed by atoms with Gasteiger partial charge in [0.05, 0.1) is 25.9 Å². The molecule has 0 radical (unpaired) electrons. The van der Waals surface area contributed by atoms with E-state index in [1.807, 2.05) is 18.2 Å². The van der Waals surface area contributed by atoms with Crippen molar-refractivity contribution < 1.29 is 9.59 Å². The number of anilines is 2. The van der Waals surface area contributed by atoms with Gasteiger partial charge in [0.15, 0.2) is 0 Å². The maximum Gasteiger partial charge on any atom is 0.228 e. The van der Waals surface area contributed by atoms with Gasteiger partial charge in [-0.3, -0.25) is 9.59 Å². The first-order valence-corrected chi connectivity index (χ1v) is 10.9. The summed E-state index contributed by atoms with van der Waals surface area (Å²) in [5, 5.41) is 7.11. The Morgan fingerprint density at radius 3 is 2.66 bits per heavy atom. The number of para-hydroxylation sites is 1. The molecule has 1 aliphatic rings. The number of thiazole rings is 1. The molecule has 0 saturated heterocycles. The Bertz CT molecular complexity index is 1030. The lowest BCUT2D eigenvalue weighted by molar-refractivity contribution is -0.121. The highest BCUT2D eigenvalue weighted by atomic mass is 35.5. The second kappa shape index (κ2) is 8.51. The second-order valence-corrected chi connectivity index (χ2v) is 8.85. The van der Waals surface area contributed by atoms with Gasteiger partial charge >= 0.3 is 0 Å². The molecule has 1 aliphatic carbocycles. The highest BCUT2D eigenvalue weighted by molar-refractivity contribution is 7.18. The van der Waals surface area contributed by atoms with E-state index in [1.165, 1.54) is 6.92 Å². The summed E-state index contributed by atoms with van der Waals surface area (Å²) in [5.41, 5.74) is 2.16. The molecule has 1 saturated carbocycles. The minimum atomic E-state index is -0.190. The lowest BCUT2D eigenvalue weighted by Crippen LogP contribution is -2.30. The summed E-state index contributed by atoms with van der Waals surface area (Å²) >= 11 is 7.93. The van der Waals surface area contributed by atoms with Crippen LogP contribution in [-0.4, -0.2) is 16.8 Å². The van der Waals surface area contributed by atoms with Crippen molar-refractivity contribution in [3.05, 3.63) is 52.5 Å². The van der Waals surface area contributed by atoms with Crippen LogP contribution in [0.4, 0.5) is 11.4 Å². The van der Waals surface area contributed by atoms with E-state index in [2.05, 4.69) is 16.7 Å². The van der Waals surface area contributed by atoms with Crippen molar-refractivity contribution in [2.75, 3.05) is 10.6 Å². The molecule has 150 valence electrons. The zero-order chi connectivity index (χ0) is 20.4. The second-order valence-electron chi connectivity index (χ2n) is 7.38. The number of nitrogens with one attached hydrogen (secondary N) is 2. The minimum absolute atomic E-state index is 0.00250. The average Bonchev–Trinajstić information content (AvgIpc) is 3.14. The number of hydrogen-bond acceptors (Lipinski definition) is 4. The molecule has 29 heavy (non-hydrogen) atoms. The number of carbonyl (C=O) groups is 2. The van der Waals surface area contributed by atoms with Gasteiger partial charge < -0.3 is 10.6 Å². The van der Waals surface area contributed by atoms with Gasteiger partial charge in [-0.1, -0.05) is 36.6 Å². The molecule has 2 aromatic carbocycles. The van der Waals surface area contributed by atoms with Gasteiger partial charge in [-0.15, -0.1) is 11.3 Å². The fourth-order valence-electron chi connectivity index (χ4n) is 3.91. The molecule has 7 heteroatoms. The summed E-state index contributed by atoms with van der Waals surface area (Å²) in [6, 6.07) is 13.2. The van der Waals surface area contributed by atoms with Crippen molar-refractivity contribution in [1.82, 2.24) is 4.98 Å². The third-order valence-electron chi connectivity index (χ3n) is 5.28. The van der Waals surface area contributed by atoms with E-state index in [-0.39, 0.29) is 23.7 Å². The van der Waals surface area contributed by atoms with Gasteiger partial charge in [0, 0.05) is 24.4 Å². The molecule has 2 N–H and O–H groups in total. The van der Waals surface area contributed by atoms with Crippen LogP contribution in [0.3, 0.4) is 0 Å². The zero-order valence-electron chi connectivity index (χ0n) is 16.1. The number of benzene rings is 2. The number of halogens is 1. The van der Waals surface area contributed by atoms with E-state index >= 15 is 0 Å². The number of fused-ring (bicyclic) bond motifs is 1. The molecular weight excluding hydrogens is 406 g/mol. The molecule has 3 aromatic rings. The number of rotatable bonds is 4. The van der Waals surface area contributed by atoms with Crippen LogP contribution in [0, 0.1) is 5.92 Å². The van der Waals surface area contributed by atoms with E-state index in [0.717, 1.165) is 40.9 Å². The average molecular weight is 428 g/mol. The van der Waals surface area contributed by atoms with Crippen molar-refractivity contribution in [1.29, 1.82) is 0 Å². The van der Waals surface area contributed by atoms with E-state index in [4.69, 9.17) is 16.6 Å². The molecule has 5 nitrogen and oxygen atoms in total. The van der Waals surface area contributed by atoms with E-state index in [9.17, 15) is 9.59 Å². The molecule has 1 aromatic heterocycles. The molecule has 0 bridgehead atoms. The van der Waals surface area contributed by atoms with Gasteiger partial charge in [-0.2, -0.15) is 0 Å². The number of carbonyl (C=O) groups excluding carboxylic acids is 2. The van der Waals surface area contributed by atoms with Crippen LogP contribution < -0.4 is 10.6 Å². The van der Waals surface area contributed by atoms with Crippen molar-refractivity contribution in [2.24, 2.45) is 5.92 Å². The van der Waals surface area contributed by atoms with Crippen molar-refractivity contribution in [3.8, 4) is 0 Å². The Kier molecular flexibility index (Phi) is 5.83. The number of aromatic nitrogens is 1. The maximum atomic E-state index is 13.1. The quantitative estimate of drug-likeness (QED) is 0.551. The lowest BCUT2D eigenvalue weighted by atomic mass is 9.79. The number of amides is 2. The topological polar surface area (TPSA) is 71.1 Å². The predicted octanol–water partition coefficient (Wildman–Crippen LogP) is 5.82. The summed E-state index contributed by atoms with van der Waals surface area (Å²) in [6.07, 6.45) is 3.98. The number of hydrogen-bond donors (Lipinski definition) is 2. The smallest absolute Gasteiger partial charge is 0.228 e. The lowest BCUT2D eigenvalue weighted by Gasteiger charge is -2.29. The molecule has 1 heterocycles. The van der Waals surface area contributed by atoms with Crippen LogP contribution in [0.5, 0.6) is 0 Å². The van der Waals surface area contributed by atoms with Gasteiger partial charge in [0.25, 0.3) is 0 Å².